The number of hydrogen-bond acceptors (Lipinski definition) is 5. The maximum atomic E-state index is 13.2. The van der Waals surface area contributed by atoms with Crippen LogP contribution in [0.3, 0.4) is 0 Å². The molecule has 2 aromatic rings. The lowest BCUT2D eigenvalue weighted by atomic mass is 9.92. The van der Waals surface area contributed by atoms with Crippen molar-refractivity contribution in [2.45, 2.75) is 23.3 Å². The summed E-state index contributed by atoms with van der Waals surface area (Å²) < 4.78 is 26.9. The molecular formula is C23H24N4O5S. The van der Waals surface area contributed by atoms with Crippen LogP contribution in [-0.4, -0.2) is 73.1 Å². The van der Waals surface area contributed by atoms with Crippen molar-refractivity contribution in [2.24, 2.45) is 0 Å². The minimum Gasteiger partial charge on any atom is -0.338 e. The lowest BCUT2D eigenvalue weighted by molar-refractivity contribution is -0.139. The number of sulfonamides is 1. The fourth-order valence-electron chi connectivity index (χ4n) is 4.89. The number of aryl methyl sites for hydroxylation is 1. The summed E-state index contributed by atoms with van der Waals surface area (Å²) in [4.78, 5) is 41.5. The van der Waals surface area contributed by atoms with Crippen molar-refractivity contribution >= 4 is 27.9 Å². The first-order valence-electron chi connectivity index (χ1n) is 10.9. The molecule has 2 fully saturated rings. The molecule has 0 unspecified atom stereocenters. The van der Waals surface area contributed by atoms with Gasteiger partial charge in [-0.1, -0.05) is 42.5 Å². The first-order chi connectivity index (χ1) is 15.8. The molecule has 3 aliphatic rings. The molecule has 5 rings (SSSR count). The highest BCUT2D eigenvalue weighted by Crippen LogP contribution is 2.41. The molecule has 2 heterocycles. The first-order valence-corrected chi connectivity index (χ1v) is 12.3. The molecule has 33 heavy (non-hydrogen) atoms. The van der Waals surface area contributed by atoms with Crippen molar-refractivity contribution in [3.05, 3.63) is 65.7 Å². The summed E-state index contributed by atoms with van der Waals surface area (Å²) >= 11 is 0. The van der Waals surface area contributed by atoms with E-state index in [1.807, 2.05) is 24.3 Å². The van der Waals surface area contributed by atoms with Gasteiger partial charge in [-0.3, -0.25) is 14.5 Å². The molecule has 0 radical (unpaired) electrons. The van der Waals surface area contributed by atoms with E-state index in [0.29, 0.717) is 12.8 Å². The summed E-state index contributed by atoms with van der Waals surface area (Å²) in [7, 11) is -3.63. The average Bonchev–Trinajstić information content (AvgIpc) is 3.32. The molecule has 1 aliphatic carbocycles. The Morgan fingerprint density at radius 1 is 0.939 bits per heavy atom. The monoisotopic (exact) mass is 468 g/mol. The number of rotatable bonds is 4. The number of carbonyl (C=O) groups is 3. The van der Waals surface area contributed by atoms with Gasteiger partial charge in [0.15, 0.2) is 0 Å². The topological polar surface area (TPSA) is 107 Å². The molecule has 1 spiro atoms. The van der Waals surface area contributed by atoms with Crippen LogP contribution in [0.1, 0.15) is 17.5 Å². The largest absolute Gasteiger partial charge is 0.338 e. The van der Waals surface area contributed by atoms with Crippen LogP contribution in [-0.2, 0) is 31.6 Å². The normalized spacial score (nSPS) is 23.2. The van der Waals surface area contributed by atoms with Gasteiger partial charge in [-0.2, -0.15) is 4.31 Å². The van der Waals surface area contributed by atoms with Gasteiger partial charge in [-0.25, -0.2) is 13.2 Å². The van der Waals surface area contributed by atoms with Gasteiger partial charge < -0.3 is 10.2 Å². The SMILES string of the molecule is O=C(CN1C(=O)N[C@@]2(CCc3ccccc32)C1=O)N1CCN(S(=O)(=O)c2ccccc2)CC1. The van der Waals surface area contributed by atoms with Crippen molar-refractivity contribution in [3.63, 3.8) is 0 Å². The van der Waals surface area contributed by atoms with E-state index in [4.69, 9.17) is 0 Å². The van der Waals surface area contributed by atoms with Gasteiger partial charge in [0.05, 0.1) is 4.90 Å². The van der Waals surface area contributed by atoms with Gasteiger partial charge in [0.1, 0.15) is 12.1 Å². The molecule has 1 N–H and O–H groups in total. The lowest BCUT2D eigenvalue weighted by Gasteiger charge is -2.34. The number of nitrogens with zero attached hydrogens (tertiary/aromatic N) is 3. The summed E-state index contributed by atoms with van der Waals surface area (Å²) in [5, 5.41) is 2.82. The fourth-order valence-corrected chi connectivity index (χ4v) is 6.33. The van der Waals surface area contributed by atoms with Crippen LogP contribution in [0, 0.1) is 0 Å². The van der Waals surface area contributed by atoms with Gasteiger partial charge in [-0.05, 0) is 36.1 Å². The number of urea groups is 1. The minimum atomic E-state index is -3.63. The number of piperazine rings is 1. The van der Waals surface area contributed by atoms with E-state index in [9.17, 15) is 22.8 Å². The highest BCUT2D eigenvalue weighted by atomic mass is 32.2. The molecule has 0 saturated carbocycles. The summed E-state index contributed by atoms with van der Waals surface area (Å²) in [5.74, 6) is -0.783. The van der Waals surface area contributed by atoms with Crippen LogP contribution >= 0.6 is 0 Å². The summed E-state index contributed by atoms with van der Waals surface area (Å²) in [6.45, 7) is 0.339. The molecule has 2 saturated heterocycles. The van der Waals surface area contributed by atoms with E-state index in [1.165, 1.54) is 9.21 Å². The Hall–Kier alpha value is -3.24. The Morgan fingerprint density at radius 2 is 1.61 bits per heavy atom. The lowest BCUT2D eigenvalue weighted by Crippen LogP contribution is -2.53. The van der Waals surface area contributed by atoms with Gasteiger partial charge in [0.25, 0.3) is 5.91 Å². The number of amides is 4. The molecule has 4 amide bonds. The molecule has 9 nitrogen and oxygen atoms in total. The second-order valence-corrected chi connectivity index (χ2v) is 10.4. The zero-order valence-corrected chi connectivity index (χ0v) is 18.8. The highest BCUT2D eigenvalue weighted by Gasteiger charge is 2.55. The molecule has 2 aromatic carbocycles. The van der Waals surface area contributed by atoms with E-state index in [0.717, 1.165) is 16.0 Å². The van der Waals surface area contributed by atoms with Crippen LogP contribution in [0.25, 0.3) is 0 Å². The Balaban J connectivity index is 1.24. The van der Waals surface area contributed by atoms with Crippen LogP contribution in [0.4, 0.5) is 4.79 Å². The number of imide groups is 1. The van der Waals surface area contributed by atoms with Gasteiger partial charge in [0.2, 0.25) is 15.9 Å². The Bertz CT molecular complexity index is 1220. The molecule has 10 heteroatoms. The Morgan fingerprint density at radius 3 is 2.33 bits per heavy atom. The van der Waals surface area contributed by atoms with Crippen LogP contribution < -0.4 is 5.32 Å². The van der Waals surface area contributed by atoms with E-state index in [2.05, 4.69) is 5.32 Å². The van der Waals surface area contributed by atoms with Crippen LogP contribution in [0.2, 0.25) is 0 Å². The van der Waals surface area contributed by atoms with E-state index < -0.39 is 27.5 Å². The second kappa shape index (κ2) is 7.96. The van der Waals surface area contributed by atoms with Crippen molar-refractivity contribution in [1.82, 2.24) is 19.4 Å². The summed E-state index contributed by atoms with van der Waals surface area (Å²) in [6.07, 6.45) is 1.15. The zero-order valence-electron chi connectivity index (χ0n) is 17.9. The number of benzene rings is 2. The quantitative estimate of drug-likeness (QED) is 0.672. The summed E-state index contributed by atoms with van der Waals surface area (Å²) in [6, 6.07) is 15.1. The smallest absolute Gasteiger partial charge is 0.325 e. The third-order valence-electron chi connectivity index (χ3n) is 6.69. The van der Waals surface area contributed by atoms with Crippen LogP contribution in [0.5, 0.6) is 0 Å². The van der Waals surface area contributed by atoms with Crippen molar-refractivity contribution in [2.75, 3.05) is 32.7 Å². The molecule has 0 bridgehead atoms. The predicted molar refractivity (Wildman–Crippen MR) is 118 cm³/mol. The zero-order chi connectivity index (χ0) is 23.2. The van der Waals surface area contributed by atoms with Gasteiger partial charge >= 0.3 is 6.03 Å². The van der Waals surface area contributed by atoms with Gasteiger partial charge in [-0.15, -0.1) is 0 Å². The second-order valence-electron chi connectivity index (χ2n) is 8.48. The molecule has 2 aliphatic heterocycles. The third-order valence-corrected chi connectivity index (χ3v) is 8.60. The predicted octanol–water partition coefficient (Wildman–Crippen LogP) is 0.913. The number of fused-ring (bicyclic) bond motifs is 2. The molecular weight excluding hydrogens is 444 g/mol. The maximum Gasteiger partial charge on any atom is 0.325 e. The highest BCUT2D eigenvalue weighted by molar-refractivity contribution is 7.89. The van der Waals surface area contributed by atoms with Gasteiger partial charge in [0, 0.05) is 26.2 Å². The fraction of sp³-hybridized carbons (Fsp3) is 0.348. The first kappa shape index (κ1) is 21.6. The molecule has 172 valence electrons. The standard InChI is InChI=1S/C23H24N4O5S/c28-20(25-12-14-26(15-13-25)33(31,32)18-7-2-1-3-8-18)16-27-21(29)23(24-22(27)30)11-10-17-6-4-5-9-19(17)23/h1-9H,10-16H2,(H,24,30)/t23-/m1/s1. The maximum absolute atomic E-state index is 13.2. The van der Waals surface area contributed by atoms with Crippen LogP contribution in [0.15, 0.2) is 59.5 Å². The van der Waals surface area contributed by atoms with E-state index in [1.54, 1.807) is 30.3 Å². The van der Waals surface area contributed by atoms with E-state index >= 15 is 0 Å². The number of hydrogen-bond donors (Lipinski definition) is 1. The molecule has 1 atom stereocenters. The molecule has 0 aromatic heterocycles. The number of nitrogens with one attached hydrogen (secondary N) is 1. The van der Waals surface area contributed by atoms with E-state index in [-0.39, 0.29) is 43.5 Å². The Labute approximate surface area is 192 Å². The van der Waals surface area contributed by atoms with Crippen molar-refractivity contribution in [1.29, 1.82) is 0 Å². The third kappa shape index (κ3) is 3.50. The average molecular weight is 469 g/mol. The summed E-state index contributed by atoms with van der Waals surface area (Å²) in [5.41, 5.74) is 0.712. The number of carbonyl (C=O) groups excluding carboxylic acids is 3. The van der Waals surface area contributed by atoms with Crippen molar-refractivity contribution in [3.8, 4) is 0 Å². The minimum absolute atomic E-state index is 0.153. The Kier molecular flexibility index (Phi) is 5.21. The van der Waals surface area contributed by atoms with Crippen molar-refractivity contribution < 1.29 is 22.8 Å².